The van der Waals surface area contributed by atoms with Crippen molar-refractivity contribution in [3.8, 4) is 23.0 Å². The monoisotopic (exact) mass is 356 g/mol. The Morgan fingerprint density at radius 3 is 2.62 bits per heavy atom. The summed E-state index contributed by atoms with van der Waals surface area (Å²) in [7, 11) is 0. The molecule has 0 atom stereocenters. The Hall–Kier alpha value is -3.22. The van der Waals surface area contributed by atoms with Crippen LogP contribution in [0.4, 0.5) is 0 Å². The van der Waals surface area contributed by atoms with Crippen LogP contribution in [0.15, 0.2) is 47.6 Å². The maximum absolute atomic E-state index is 12.0. The molecule has 0 bridgehead atoms. The molecule has 26 heavy (non-hydrogen) atoms. The van der Waals surface area contributed by atoms with Crippen molar-refractivity contribution in [2.75, 3.05) is 20.0 Å². The molecule has 0 saturated carbocycles. The first-order chi connectivity index (χ1) is 12.7. The molecule has 0 spiro atoms. The Kier molecular flexibility index (Phi) is 5.58. The Balaban J connectivity index is 1.56. The smallest absolute Gasteiger partial charge is 0.277 e. The number of hydrogen-bond donors (Lipinski definition) is 1. The van der Waals surface area contributed by atoms with Crippen LogP contribution in [0.25, 0.3) is 0 Å². The van der Waals surface area contributed by atoms with Gasteiger partial charge in [-0.3, -0.25) is 4.79 Å². The number of rotatable bonds is 7. The van der Waals surface area contributed by atoms with Gasteiger partial charge in [0, 0.05) is 5.56 Å². The average molecular weight is 356 g/mol. The third kappa shape index (κ3) is 4.24. The molecule has 0 aliphatic carbocycles. The lowest BCUT2D eigenvalue weighted by atomic mass is 10.1. The summed E-state index contributed by atoms with van der Waals surface area (Å²) in [6, 6.07) is 12.7. The molecule has 2 aromatic rings. The van der Waals surface area contributed by atoms with E-state index in [2.05, 4.69) is 10.5 Å². The largest absolute Gasteiger partial charge is 0.490 e. The molecule has 1 aliphatic heterocycles. The van der Waals surface area contributed by atoms with E-state index in [1.807, 2.05) is 37.3 Å². The maximum atomic E-state index is 12.0. The quantitative estimate of drug-likeness (QED) is 0.610. The highest BCUT2D eigenvalue weighted by Gasteiger charge is 2.14. The van der Waals surface area contributed by atoms with E-state index in [0.717, 1.165) is 5.56 Å². The molecule has 0 unspecified atom stereocenters. The number of carbonyl (C=O) groups is 1. The summed E-state index contributed by atoms with van der Waals surface area (Å²) >= 11 is 0. The maximum Gasteiger partial charge on any atom is 0.277 e. The summed E-state index contributed by atoms with van der Waals surface area (Å²) < 4.78 is 21.6. The molecule has 0 fully saturated rings. The van der Waals surface area contributed by atoms with Crippen molar-refractivity contribution >= 4 is 11.6 Å². The van der Waals surface area contributed by atoms with Crippen LogP contribution in [0.5, 0.6) is 23.0 Å². The predicted molar refractivity (Wildman–Crippen MR) is 96.0 cm³/mol. The van der Waals surface area contributed by atoms with Gasteiger partial charge in [0.25, 0.3) is 5.91 Å². The molecule has 136 valence electrons. The fraction of sp³-hybridized carbons (Fsp3) is 0.263. The zero-order valence-electron chi connectivity index (χ0n) is 14.7. The topological polar surface area (TPSA) is 78.4 Å². The summed E-state index contributed by atoms with van der Waals surface area (Å²) in [5.41, 5.74) is 3.96. The number of ether oxygens (including phenoxy) is 4. The molecule has 1 heterocycles. The number of para-hydroxylation sites is 2. The van der Waals surface area contributed by atoms with Crippen LogP contribution in [0.2, 0.25) is 0 Å². The van der Waals surface area contributed by atoms with Crippen LogP contribution in [0.1, 0.15) is 19.4 Å². The molecule has 0 saturated heterocycles. The Bertz CT molecular complexity index is 819. The fourth-order valence-corrected chi connectivity index (χ4v) is 2.35. The predicted octanol–water partition coefficient (Wildman–Crippen LogP) is 2.73. The highest BCUT2D eigenvalue weighted by atomic mass is 16.7. The van der Waals surface area contributed by atoms with Crippen molar-refractivity contribution in [1.29, 1.82) is 0 Å². The molecule has 0 radical (unpaired) electrons. The SMILES string of the molecule is CCOc1ccccc1OCC(=O)N/N=C(\C)c1ccc2c(c1)OCO2. The van der Waals surface area contributed by atoms with Gasteiger partial charge in [0.1, 0.15) is 0 Å². The van der Waals surface area contributed by atoms with E-state index >= 15 is 0 Å². The van der Waals surface area contributed by atoms with Crippen LogP contribution in [-0.4, -0.2) is 31.6 Å². The first-order valence-corrected chi connectivity index (χ1v) is 8.25. The van der Waals surface area contributed by atoms with Gasteiger partial charge in [-0.05, 0) is 44.2 Å². The van der Waals surface area contributed by atoms with E-state index in [0.29, 0.717) is 35.3 Å². The van der Waals surface area contributed by atoms with Crippen LogP contribution in [0.3, 0.4) is 0 Å². The first-order valence-electron chi connectivity index (χ1n) is 8.25. The molecule has 1 amide bonds. The van der Waals surface area contributed by atoms with Gasteiger partial charge >= 0.3 is 0 Å². The minimum atomic E-state index is -0.364. The standard InChI is InChI=1S/C19H20N2O5/c1-3-23-15-6-4-5-7-16(15)24-11-19(22)21-20-13(2)14-8-9-17-18(10-14)26-12-25-17/h4-10H,3,11-12H2,1-2H3,(H,21,22)/b20-13+. The van der Waals surface area contributed by atoms with Gasteiger partial charge < -0.3 is 18.9 Å². The van der Waals surface area contributed by atoms with Crippen LogP contribution < -0.4 is 24.4 Å². The number of nitrogens with zero attached hydrogens (tertiary/aromatic N) is 1. The molecule has 0 aromatic heterocycles. The lowest BCUT2D eigenvalue weighted by Crippen LogP contribution is -2.25. The summed E-state index contributed by atoms with van der Waals surface area (Å²) in [5, 5.41) is 4.10. The zero-order valence-corrected chi connectivity index (χ0v) is 14.7. The number of nitrogens with one attached hydrogen (secondary N) is 1. The molecule has 1 aliphatic rings. The molecule has 7 heteroatoms. The molecule has 7 nitrogen and oxygen atoms in total. The minimum Gasteiger partial charge on any atom is -0.490 e. The number of fused-ring (bicyclic) bond motifs is 1. The van der Waals surface area contributed by atoms with E-state index in [4.69, 9.17) is 18.9 Å². The third-order valence-electron chi connectivity index (χ3n) is 3.65. The third-order valence-corrected chi connectivity index (χ3v) is 3.65. The van der Waals surface area contributed by atoms with Gasteiger partial charge in [-0.15, -0.1) is 0 Å². The van der Waals surface area contributed by atoms with E-state index in [9.17, 15) is 4.79 Å². The normalized spacial score (nSPS) is 12.6. The number of carbonyl (C=O) groups excluding carboxylic acids is 1. The van der Waals surface area contributed by atoms with Crippen molar-refractivity contribution in [1.82, 2.24) is 5.43 Å². The van der Waals surface area contributed by atoms with Gasteiger partial charge in [0.2, 0.25) is 6.79 Å². The highest BCUT2D eigenvalue weighted by molar-refractivity contribution is 5.99. The van der Waals surface area contributed by atoms with Crippen molar-refractivity contribution in [3.63, 3.8) is 0 Å². The average Bonchev–Trinajstić information content (AvgIpc) is 3.13. The minimum absolute atomic E-state index is 0.165. The van der Waals surface area contributed by atoms with Crippen molar-refractivity contribution in [3.05, 3.63) is 48.0 Å². The van der Waals surface area contributed by atoms with Crippen LogP contribution in [0, 0.1) is 0 Å². The Labute approximate surface area is 151 Å². The molecule has 1 N–H and O–H groups in total. The second-order valence-corrected chi connectivity index (χ2v) is 5.47. The highest BCUT2D eigenvalue weighted by Crippen LogP contribution is 2.32. The van der Waals surface area contributed by atoms with Crippen molar-refractivity contribution in [2.24, 2.45) is 5.10 Å². The number of hydrazone groups is 1. The van der Waals surface area contributed by atoms with Gasteiger partial charge in [0.05, 0.1) is 12.3 Å². The van der Waals surface area contributed by atoms with Crippen LogP contribution >= 0.6 is 0 Å². The van der Waals surface area contributed by atoms with Gasteiger partial charge in [-0.1, -0.05) is 12.1 Å². The number of benzene rings is 2. The van der Waals surface area contributed by atoms with Crippen LogP contribution in [-0.2, 0) is 4.79 Å². The second kappa shape index (κ2) is 8.24. The molecular weight excluding hydrogens is 336 g/mol. The Morgan fingerprint density at radius 1 is 1.12 bits per heavy atom. The van der Waals surface area contributed by atoms with Crippen molar-refractivity contribution < 1.29 is 23.7 Å². The van der Waals surface area contributed by atoms with E-state index < -0.39 is 0 Å². The van der Waals surface area contributed by atoms with Gasteiger partial charge in [-0.2, -0.15) is 5.10 Å². The van der Waals surface area contributed by atoms with E-state index in [-0.39, 0.29) is 19.3 Å². The molecule has 2 aromatic carbocycles. The summed E-state index contributed by atoms with van der Waals surface area (Å²) in [5.74, 6) is 2.12. The summed E-state index contributed by atoms with van der Waals surface area (Å²) in [4.78, 5) is 12.0. The second-order valence-electron chi connectivity index (χ2n) is 5.47. The number of hydrogen-bond acceptors (Lipinski definition) is 6. The summed E-state index contributed by atoms with van der Waals surface area (Å²) in [6.07, 6.45) is 0. The first kappa shape index (κ1) is 17.6. The zero-order chi connectivity index (χ0) is 18.4. The lowest BCUT2D eigenvalue weighted by Gasteiger charge is -2.10. The lowest BCUT2D eigenvalue weighted by molar-refractivity contribution is -0.123. The van der Waals surface area contributed by atoms with Crippen molar-refractivity contribution in [2.45, 2.75) is 13.8 Å². The molecule has 3 rings (SSSR count). The van der Waals surface area contributed by atoms with Gasteiger partial charge in [0.15, 0.2) is 29.6 Å². The van der Waals surface area contributed by atoms with Gasteiger partial charge in [-0.25, -0.2) is 5.43 Å². The van der Waals surface area contributed by atoms with E-state index in [1.54, 1.807) is 19.1 Å². The molecular formula is C19H20N2O5. The fourth-order valence-electron chi connectivity index (χ4n) is 2.35. The number of amides is 1. The summed E-state index contributed by atoms with van der Waals surface area (Å²) in [6.45, 7) is 4.25. The Morgan fingerprint density at radius 2 is 1.85 bits per heavy atom. The van der Waals surface area contributed by atoms with E-state index in [1.165, 1.54) is 0 Å².